The van der Waals surface area contributed by atoms with Crippen LogP contribution in [-0.4, -0.2) is 26.7 Å². The van der Waals surface area contributed by atoms with Crippen LogP contribution in [0.4, 0.5) is 0 Å². The standard InChI is InChI=1S/C12H17N3O2/c1-16-7-10(13)11(12(14)15)8-3-5-9(17-2)6-4-8/h3-6H,7,13H2,1-2H3,(H3,14,15). The zero-order valence-electron chi connectivity index (χ0n) is 9.99. The molecule has 0 unspecified atom stereocenters. The van der Waals surface area contributed by atoms with Crippen LogP contribution in [0, 0.1) is 5.41 Å². The molecule has 0 heterocycles. The van der Waals surface area contributed by atoms with Crippen molar-refractivity contribution in [2.75, 3.05) is 20.8 Å². The Morgan fingerprint density at radius 2 is 1.76 bits per heavy atom. The average molecular weight is 235 g/mol. The lowest BCUT2D eigenvalue weighted by Gasteiger charge is -2.11. The summed E-state index contributed by atoms with van der Waals surface area (Å²) in [7, 11) is 3.13. The first-order chi connectivity index (χ1) is 8.10. The van der Waals surface area contributed by atoms with Crippen molar-refractivity contribution < 1.29 is 9.47 Å². The lowest BCUT2D eigenvalue weighted by atomic mass is 10.0. The van der Waals surface area contributed by atoms with Crippen molar-refractivity contribution in [2.45, 2.75) is 0 Å². The lowest BCUT2D eigenvalue weighted by Crippen LogP contribution is -2.19. The van der Waals surface area contributed by atoms with E-state index in [9.17, 15) is 0 Å². The number of hydrogen-bond acceptors (Lipinski definition) is 4. The Morgan fingerprint density at radius 1 is 1.18 bits per heavy atom. The van der Waals surface area contributed by atoms with E-state index in [1.165, 1.54) is 0 Å². The molecule has 0 atom stereocenters. The monoisotopic (exact) mass is 235 g/mol. The molecule has 0 bridgehead atoms. The highest BCUT2D eigenvalue weighted by Crippen LogP contribution is 2.20. The first-order valence-corrected chi connectivity index (χ1v) is 5.06. The normalized spacial score (nSPS) is 11.9. The van der Waals surface area contributed by atoms with E-state index in [4.69, 9.17) is 26.4 Å². The summed E-state index contributed by atoms with van der Waals surface area (Å²) in [5, 5.41) is 7.55. The number of ether oxygens (including phenoxy) is 2. The van der Waals surface area contributed by atoms with Gasteiger partial charge in [0.15, 0.2) is 0 Å². The predicted molar refractivity (Wildman–Crippen MR) is 67.9 cm³/mol. The largest absolute Gasteiger partial charge is 0.497 e. The molecule has 92 valence electrons. The van der Waals surface area contributed by atoms with Crippen molar-refractivity contribution in [1.29, 1.82) is 5.41 Å². The van der Waals surface area contributed by atoms with E-state index in [2.05, 4.69) is 0 Å². The summed E-state index contributed by atoms with van der Waals surface area (Å²) in [5.41, 5.74) is 13.1. The van der Waals surface area contributed by atoms with Crippen molar-refractivity contribution in [1.82, 2.24) is 0 Å². The summed E-state index contributed by atoms with van der Waals surface area (Å²) in [4.78, 5) is 0. The fraction of sp³-hybridized carbons (Fsp3) is 0.250. The van der Waals surface area contributed by atoms with Crippen molar-refractivity contribution in [3.05, 3.63) is 35.5 Å². The Kier molecular flexibility index (Phi) is 4.54. The van der Waals surface area contributed by atoms with Gasteiger partial charge in [0.05, 0.1) is 13.7 Å². The number of benzene rings is 1. The SMILES string of the molecule is COCC(N)=C(C(=N)N)c1ccc(OC)cc1. The second kappa shape index (κ2) is 5.91. The van der Waals surface area contributed by atoms with Gasteiger partial charge in [-0.25, -0.2) is 0 Å². The Balaban J connectivity index is 3.14. The van der Waals surface area contributed by atoms with Crippen LogP contribution >= 0.6 is 0 Å². The summed E-state index contributed by atoms with van der Waals surface area (Å²) in [6.45, 7) is 0.237. The third kappa shape index (κ3) is 3.22. The van der Waals surface area contributed by atoms with Crippen LogP contribution in [0.1, 0.15) is 5.56 Å². The molecule has 0 spiro atoms. The van der Waals surface area contributed by atoms with Gasteiger partial charge in [0, 0.05) is 18.4 Å². The fourth-order valence-corrected chi connectivity index (χ4v) is 1.50. The van der Waals surface area contributed by atoms with Gasteiger partial charge in [-0.2, -0.15) is 0 Å². The van der Waals surface area contributed by atoms with E-state index < -0.39 is 0 Å². The Labute approximate surface area is 101 Å². The smallest absolute Gasteiger partial charge is 0.125 e. The summed E-state index contributed by atoms with van der Waals surface area (Å²) in [6, 6.07) is 7.19. The number of amidine groups is 1. The molecule has 1 aromatic rings. The Hall–Kier alpha value is -2.01. The van der Waals surface area contributed by atoms with Crippen LogP contribution in [0.25, 0.3) is 5.57 Å². The third-order valence-electron chi connectivity index (χ3n) is 2.27. The van der Waals surface area contributed by atoms with Gasteiger partial charge in [-0.3, -0.25) is 5.41 Å². The van der Waals surface area contributed by atoms with E-state index in [-0.39, 0.29) is 12.4 Å². The molecule has 5 heteroatoms. The van der Waals surface area contributed by atoms with Crippen LogP contribution in [0.2, 0.25) is 0 Å². The third-order valence-corrected chi connectivity index (χ3v) is 2.27. The molecule has 0 fully saturated rings. The van der Waals surface area contributed by atoms with Gasteiger partial charge < -0.3 is 20.9 Å². The molecule has 0 aliphatic carbocycles. The van der Waals surface area contributed by atoms with Crippen LogP contribution in [-0.2, 0) is 4.74 Å². The van der Waals surface area contributed by atoms with Crippen LogP contribution < -0.4 is 16.2 Å². The summed E-state index contributed by atoms with van der Waals surface area (Å²) < 4.78 is 10.0. The van der Waals surface area contributed by atoms with Crippen molar-refractivity contribution in [3.8, 4) is 5.75 Å². The fourth-order valence-electron chi connectivity index (χ4n) is 1.50. The summed E-state index contributed by atoms with van der Waals surface area (Å²) in [5.74, 6) is 0.659. The van der Waals surface area contributed by atoms with Crippen molar-refractivity contribution in [3.63, 3.8) is 0 Å². The first-order valence-electron chi connectivity index (χ1n) is 5.06. The molecule has 0 saturated heterocycles. The molecule has 0 saturated carbocycles. The van der Waals surface area contributed by atoms with Gasteiger partial charge in [0.2, 0.25) is 0 Å². The highest BCUT2D eigenvalue weighted by molar-refractivity contribution is 6.21. The number of methoxy groups -OCH3 is 2. The van der Waals surface area contributed by atoms with Crippen LogP contribution in [0.5, 0.6) is 5.75 Å². The second-order valence-electron chi connectivity index (χ2n) is 3.48. The number of nitrogens with two attached hydrogens (primary N) is 2. The molecule has 1 rings (SSSR count). The van der Waals surface area contributed by atoms with E-state index in [0.717, 1.165) is 11.3 Å². The van der Waals surface area contributed by atoms with Gasteiger partial charge in [-0.15, -0.1) is 0 Å². The Morgan fingerprint density at radius 3 is 2.18 bits per heavy atom. The predicted octanol–water partition coefficient (Wildman–Crippen LogP) is 0.947. The van der Waals surface area contributed by atoms with Gasteiger partial charge in [0.25, 0.3) is 0 Å². The van der Waals surface area contributed by atoms with E-state index >= 15 is 0 Å². The topological polar surface area (TPSA) is 94.4 Å². The molecule has 1 aromatic carbocycles. The van der Waals surface area contributed by atoms with Gasteiger partial charge in [0.1, 0.15) is 11.6 Å². The molecular weight excluding hydrogens is 218 g/mol. The molecule has 5 N–H and O–H groups in total. The van der Waals surface area contributed by atoms with Gasteiger partial charge in [-0.1, -0.05) is 12.1 Å². The molecule has 0 aliphatic rings. The number of rotatable bonds is 5. The molecule has 17 heavy (non-hydrogen) atoms. The lowest BCUT2D eigenvalue weighted by molar-refractivity contribution is 0.225. The zero-order chi connectivity index (χ0) is 12.8. The number of hydrogen-bond donors (Lipinski definition) is 3. The quantitative estimate of drug-likeness (QED) is 0.523. The molecule has 0 aromatic heterocycles. The van der Waals surface area contributed by atoms with E-state index in [0.29, 0.717) is 11.3 Å². The second-order valence-corrected chi connectivity index (χ2v) is 3.48. The van der Waals surface area contributed by atoms with Crippen LogP contribution in [0.15, 0.2) is 30.0 Å². The highest BCUT2D eigenvalue weighted by atomic mass is 16.5. The minimum atomic E-state index is -0.0790. The van der Waals surface area contributed by atoms with Crippen LogP contribution in [0.3, 0.4) is 0 Å². The van der Waals surface area contributed by atoms with Gasteiger partial charge >= 0.3 is 0 Å². The van der Waals surface area contributed by atoms with E-state index in [1.54, 1.807) is 38.5 Å². The minimum Gasteiger partial charge on any atom is -0.497 e. The maximum Gasteiger partial charge on any atom is 0.125 e. The van der Waals surface area contributed by atoms with Crippen molar-refractivity contribution >= 4 is 11.4 Å². The molecule has 0 amide bonds. The minimum absolute atomic E-state index is 0.0790. The first kappa shape index (κ1) is 13.1. The summed E-state index contributed by atoms with van der Waals surface area (Å²) >= 11 is 0. The molecule has 0 aliphatic heterocycles. The molecule has 0 radical (unpaired) electrons. The molecular formula is C12H17N3O2. The maximum absolute atomic E-state index is 7.55. The van der Waals surface area contributed by atoms with Crippen molar-refractivity contribution in [2.24, 2.45) is 11.5 Å². The highest BCUT2D eigenvalue weighted by Gasteiger charge is 2.10. The maximum atomic E-state index is 7.55. The summed E-state index contributed by atoms with van der Waals surface area (Å²) in [6.07, 6.45) is 0. The van der Waals surface area contributed by atoms with E-state index in [1.807, 2.05) is 0 Å². The van der Waals surface area contributed by atoms with Gasteiger partial charge in [-0.05, 0) is 17.7 Å². The molecule has 5 nitrogen and oxygen atoms in total. The number of nitrogens with one attached hydrogen (secondary N) is 1. The zero-order valence-corrected chi connectivity index (χ0v) is 9.99. The Bertz CT molecular complexity index is 424. The average Bonchev–Trinajstić information content (AvgIpc) is 2.30.